The number of aromatic amines is 1. The van der Waals surface area contributed by atoms with Crippen molar-refractivity contribution in [2.75, 3.05) is 13.2 Å². The van der Waals surface area contributed by atoms with Crippen LogP contribution in [-0.2, 0) is 25.2 Å². The van der Waals surface area contributed by atoms with Gasteiger partial charge in [0.25, 0.3) is 5.56 Å². The fourth-order valence-corrected chi connectivity index (χ4v) is 3.55. The number of hydrogen-bond acceptors (Lipinski definition) is 8. The number of aliphatic hydroxyl groups excluding tert-OH is 2. The topological polar surface area (TPSA) is 151 Å². The number of carbonyl (C=O) groups excluding carboxylic acids is 1. The normalized spacial score (nSPS) is 23.6. The summed E-state index contributed by atoms with van der Waals surface area (Å²) < 4.78 is 22.3. The first-order valence-corrected chi connectivity index (χ1v) is 12.6. The van der Waals surface area contributed by atoms with Gasteiger partial charge in [-0.3, -0.25) is 23.7 Å². The lowest BCUT2D eigenvalue weighted by molar-refractivity contribution is -0.128. The molecule has 1 unspecified atom stereocenters. The molecule has 1 saturated heterocycles. The van der Waals surface area contributed by atoms with Gasteiger partial charge in [-0.05, 0) is 36.3 Å². The summed E-state index contributed by atoms with van der Waals surface area (Å²) in [7, 11) is 0. The first kappa shape index (κ1) is 25.8. The van der Waals surface area contributed by atoms with Crippen molar-refractivity contribution in [1.29, 1.82) is 0 Å². The average molecular weight is 500 g/mol. The predicted molar refractivity (Wildman–Crippen MR) is 113 cm³/mol. The smallest absolute Gasteiger partial charge is 0.380 e. The average Bonchev–Trinajstić information content (AvgIpc) is 2.92. The molecule has 0 bridgehead atoms. The maximum absolute atomic E-state index is 12.3. The number of rotatable bonds is 8. The summed E-state index contributed by atoms with van der Waals surface area (Å²) in [6, 6.07) is 0. The van der Waals surface area contributed by atoms with E-state index in [9.17, 15) is 29.2 Å². The molecule has 31 heavy (non-hydrogen) atoms. The van der Waals surface area contributed by atoms with Crippen molar-refractivity contribution < 1.29 is 28.8 Å². The van der Waals surface area contributed by atoms with Gasteiger partial charge in [0.15, 0.2) is 6.23 Å². The molecule has 0 aliphatic carbocycles. The SMILES string of the molecule is CC(=O)N(CC=C(C)C)Cc1cn([C@@H]2O[C@H](COP(=O)(Cl)Cl)[C@H](O)C2O)c(=O)[nH]c1=O. The maximum atomic E-state index is 12.3. The highest BCUT2D eigenvalue weighted by Gasteiger charge is 2.45. The maximum Gasteiger partial charge on any atom is 0.380 e. The molecule has 1 aromatic rings. The van der Waals surface area contributed by atoms with Crippen LogP contribution in [0.1, 0.15) is 32.6 Å². The summed E-state index contributed by atoms with van der Waals surface area (Å²) in [6.07, 6.45) is -6.62. The number of hydrogen-bond donors (Lipinski definition) is 3. The van der Waals surface area contributed by atoms with Crippen molar-refractivity contribution >= 4 is 34.5 Å². The third kappa shape index (κ3) is 7.01. The number of aromatic nitrogens is 2. The molecule has 11 nitrogen and oxygen atoms in total. The number of ether oxygens (including phenoxy) is 1. The van der Waals surface area contributed by atoms with Crippen LogP contribution < -0.4 is 11.2 Å². The Labute approximate surface area is 187 Å². The Hall–Kier alpha value is -1.46. The summed E-state index contributed by atoms with van der Waals surface area (Å²) in [5.74, 6) is -0.286. The van der Waals surface area contributed by atoms with Crippen LogP contribution in [0.4, 0.5) is 0 Å². The monoisotopic (exact) mass is 499 g/mol. The lowest BCUT2D eigenvalue weighted by Gasteiger charge is -2.21. The van der Waals surface area contributed by atoms with Crippen LogP contribution >= 0.6 is 28.6 Å². The van der Waals surface area contributed by atoms with Crippen molar-refractivity contribution in [1.82, 2.24) is 14.5 Å². The molecule has 4 atom stereocenters. The van der Waals surface area contributed by atoms with Gasteiger partial charge < -0.3 is 24.4 Å². The van der Waals surface area contributed by atoms with Gasteiger partial charge in [0.05, 0.1) is 18.7 Å². The van der Waals surface area contributed by atoms with E-state index in [4.69, 9.17) is 31.7 Å². The van der Waals surface area contributed by atoms with Gasteiger partial charge in [-0.2, -0.15) is 0 Å². The third-order valence-corrected chi connectivity index (χ3v) is 5.60. The van der Waals surface area contributed by atoms with Crippen LogP contribution in [0.5, 0.6) is 0 Å². The Bertz CT molecular complexity index is 1000. The number of halogens is 2. The molecule has 2 heterocycles. The van der Waals surface area contributed by atoms with Crippen molar-refractivity contribution in [3.63, 3.8) is 0 Å². The van der Waals surface area contributed by atoms with Gasteiger partial charge in [0, 0.05) is 19.7 Å². The van der Waals surface area contributed by atoms with E-state index < -0.39 is 48.5 Å². The quantitative estimate of drug-likeness (QED) is 0.354. The Morgan fingerprint density at radius 3 is 2.52 bits per heavy atom. The first-order chi connectivity index (χ1) is 14.3. The van der Waals surface area contributed by atoms with Crippen LogP contribution in [-0.4, -0.2) is 62.0 Å². The highest BCUT2D eigenvalue weighted by molar-refractivity contribution is 8.05. The number of allylic oxidation sites excluding steroid dienone is 1. The molecule has 174 valence electrons. The van der Waals surface area contributed by atoms with Crippen LogP contribution in [0, 0.1) is 0 Å². The molecule has 0 radical (unpaired) electrons. The number of carbonyl (C=O) groups is 1. The van der Waals surface area contributed by atoms with Crippen molar-refractivity contribution in [3.8, 4) is 0 Å². The van der Waals surface area contributed by atoms with E-state index in [1.54, 1.807) is 0 Å². The zero-order chi connectivity index (χ0) is 23.5. The highest BCUT2D eigenvalue weighted by atomic mass is 35.9. The molecule has 0 saturated carbocycles. The molecule has 0 aromatic carbocycles. The molecule has 0 spiro atoms. The zero-order valence-electron chi connectivity index (χ0n) is 17.0. The number of nitrogens with one attached hydrogen (secondary N) is 1. The van der Waals surface area contributed by atoms with E-state index in [-0.39, 0.29) is 24.6 Å². The fourth-order valence-electron chi connectivity index (χ4n) is 2.89. The number of amides is 1. The fraction of sp³-hybridized carbons (Fsp3) is 0.588. The van der Waals surface area contributed by atoms with Gasteiger partial charge in [0.2, 0.25) is 5.91 Å². The molecule has 14 heteroatoms. The molecular weight excluding hydrogens is 476 g/mol. The van der Waals surface area contributed by atoms with E-state index in [2.05, 4.69) is 4.98 Å². The summed E-state index contributed by atoms with van der Waals surface area (Å²) in [5, 5.41) is 20.5. The second kappa shape index (κ2) is 10.4. The van der Waals surface area contributed by atoms with Gasteiger partial charge in [-0.1, -0.05) is 11.6 Å². The van der Waals surface area contributed by atoms with Gasteiger partial charge in [0.1, 0.15) is 18.3 Å². The minimum Gasteiger partial charge on any atom is -0.387 e. The van der Waals surface area contributed by atoms with E-state index in [0.29, 0.717) is 0 Å². The number of nitrogens with zero attached hydrogens (tertiary/aromatic N) is 2. The molecular formula is C17H24Cl2N3O8P. The lowest BCUT2D eigenvalue weighted by atomic mass is 10.1. The van der Waals surface area contributed by atoms with Crippen molar-refractivity contribution in [2.45, 2.75) is 51.9 Å². The largest absolute Gasteiger partial charge is 0.387 e. The Morgan fingerprint density at radius 2 is 1.97 bits per heavy atom. The van der Waals surface area contributed by atoms with Gasteiger partial charge >= 0.3 is 11.8 Å². The third-order valence-electron chi connectivity index (χ3n) is 4.57. The minimum atomic E-state index is -3.91. The van der Waals surface area contributed by atoms with Gasteiger partial charge in [-0.15, -0.1) is 0 Å². The summed E-state index contributed by atoms with van der Waals surface area (Å²) in [5.41, 5.74) is -0.560. The Balaban J connectivity index is 2.30. The van der Waals surface area contributed by atoms with Crippen LogP contribution in [0.2, 0.25) is 0 Å². The number of H-pyrrole nitrogens is 1. The van der Waals surface area contributed by atoms with Crippen LogP contribution in [0.25, 0.3) is 0 Å². The van der Waals surface area contributed by atoms with E-state index in [1.165, 1.54) is 11.8 Å². The Kier molecular flexibility index (Phi) is 8.69. The van der Waals surface area contributed by atoms with Crippen molar-refractivity contribution in [3.05, 3.63) is 44.2 Å². The van der Waals surface area contributed by atoms with Crippen LogP contribution in [0.3, 0.4) is 0 Å². The second-order valence-corrected chi connectivity index (χ2v) is 11.5. The van der Waals surface area contributed by atoms with Crippen molar-refractivity contribution in [2.24, 2.45) is 0 Å². The lowest BCUT2D eigenvalue weighted by Crippen LogP contribution is -2.40. The summed E-state index contributed by atoms with van der Waals surface area (Å²) in [6.45, 7) is 4.72. The predicted octanol–water partition coefficient (Wildman–Crippen LogP) is 1.07. The summed E-state index contributed by atoms with van der Waals surface area (Å²) in [4.78, 5) is 40.0. The summed E-state index contributed by atoms with van der Waals surface area (Å²) >= 11 is 10.6. The molecule has 1 aliphatic rings. The molecule has 1 fully saturated rings. The number of aliphatic hydroxyl groups is 2. The van der Waals surface area contributed by atoms with Gasteiger partial charge in [-0.25, -0.2) is 4.79 Å². The zero-order valence-corrected chi connectivity index (χ0v) is 19.4. The molecule has 2 rings (SSSR count). The Morgan fingerprint density at radius 1 is 1.32 bits per heavy atom. The minimum absolute atomic E-state index is 0.0629. The van der Waals surface area contributed by atoms with E-state index >= 15 is 0 Å². The molecule has 1 aromatic heterocycles. The van der Waals surface area contributed by atoms with E-state index in [0.717, 1.165) is 16.3 Å². The second-order valence-electron chi connectivity index (χ2n) is 7.26. The van der Waals surface area contributed by atoms with Crippen LogP contribution in [0.15, 0.2) is 27.4 Å². The first-order valence-electron chi connectivity index (χ1n) is 9.19. The molecule has 1 amide bonds. The van der Waals surface area contributed by atoms with E-state index in [1.807, 2.05) is 19.9 Å². The standard InChI is InChI=1S/C17H24Cl2N3O8P/c1-9(2)4-5-21(10(3)23)6-11-7-22(17(27)20-15(11)26)16-14(25)13(24)12(30-16)8-29-31(18,19)28/h4,7,12-14,16,24-25H,5-6,8H2,1-3H3,(H,20,26,27)/t12-,13+,14?,16-/m1/s1. The highest BCUT2D eigenvalue weighted by Crippen LogP contribution is 2.57. The molecule has 1 aliphatic heterocycles. The molecule has 3 N–H and O–H groups in total.